The van der Waals surface area contributed by atoms with Crippen LogP contribution in [0.4, 0.5) is 5.69 Å². The van der Waals surface area contributed by atoms with Crippen molar-refractivity contribution in [3.8, 4) is 0 Å². The van der Waals surface area contributed by atoms with Gasteiger partial charge < -0.3 is 11.1 Å². The van der Waals surface area contributed by atoms with Crippen molar-refractivity contribution in [1.29, 1.82) is 0 Å². The van der Waals surface area contributed by atoms with Gasteiger partial charge in [-0.15, -0.1) is 6.58 Å². The van der Waals surface area contributed by atoms with Crippen LogP contribution in [0.15, 0.2) is 31.1 Å². The highest BCUT2D eigenvalue weighted by Gasteiger charge is 2.06. The molecule has 0 radical (unpaired) electrons. The number of amides is 1. The number of carbonyl (C=O) groups excluding carboxylic acids is 1. The topological polar surface area (TPSA) is 68.0 Å². The van der Waals surface area contributed by atoms with E-state index in [1.165, 1.54) is 6.20 Å². The predicted molar refractivity (Wildman–Crippen MR) is 68.8 cm³/mol. The van der Waals surface area contributed by atoms with E-state index in [1.807, 2.05) is 6.08 Å². The second kappa shape index (κ2) is 6.90. The van der Waals surface area contributed by atoms with Crippen molar-refractivity contribution in [2.24, 2.45) is 5.73 Å². The Bertz CT molecular complexity index is 368. The zero-order valence-electron chi connectivity index (χ0n) is 8.98. The van der Waals surface area contributed by atoms with Gasteiger partial charge in [0.15, 0.2) is 0 Å². The minimum Gasteiger partial charge on any atom is -0.383 e. The van der Waals surface area contributed by atoms with Crippen LogP contribution in [0.25, 0.3) is 0 Å². The van der Waals surface area contributed by atoms with Crippen LogP contribution in [0.2, 0.25) is 0 Å². The molecule has 1 heterocycles. The molecule has 4 nitrogen and oxygen atoms in total. The maximum atomic E-state index is 11.1. The first kappa shape index (κ1) is 12.6. The van der Waals surface area contributed by atoms with Crippen LogP contribution < -0.4 is 11.1 Å². The largest absolute Gasteiger partial charge is 0.383 e. The van der Waals surface area contributed by atoms with Gasteiger partial charge >= 0.3 is 0 Å². The van der Waals surface area contributed by atoms with E-state index in [2.05, 4.69) is 16.9 Å². The molecule has 1 rings (SSSR count). The molecule has 0 aliphatic heterocycles. The summed E-state index contributed by atoms with van der Waals surface area (Å²) in [6.07, 6.45) is 4.97. The second-order valence-corrected chi connectivity index (χ2v) is 4.23. The summed E-state index contributed by atoms with van der Waals surface area (Å²) in [5.41, 5.74) is 6.39. The van der Waals surface area contributed by atoms with Gasteiger partial charge in [-0.3, -0.25) is 9.78 Å². The molecule has 0 saturated carbocycles. The van der Waals surface area contributed by atoms with Gasteiger partial charge in [-0.2, -0.15) is 11.8 Å². The van der Waals surface area contributed by atoms with Crippen molar-refractivity contribution < 1.29 is 4.79 Å². The Morgan fingerprint density at radius 2 is 2.50 bits per heavy atom. The Hall–Kier alpha value is -1.49. The number of nitrogens with one attached hydrogen (secondary N) is 1. The van der Waals surface area contributed by atoms with Gasteiger partial charge in [0.05, 0.1) is 11.3 Å². The van der Waals surface area contributed by atoms with Gasteiger partial charge in [0.2, 0.25) is 0 Å². The molecule has 0 aliphatic rings. The van der Waals surface area contributed by atoms with Crippen LogP contribution >= 0.6 is 11.8 Å². The van der Waals surface area contributed by atoms with Crippen molar-refractivity contribution in [2.75, 3.05) is 23.4 Å². The van der Waals surface area contributed by atoms with Crippen molar-refractivity contribution in [3.63, 3.8) is 0 Å². The monoisotopic (exact) mass is 237 g/mol. The number of nitrogens with zero attached hydrogens (tertiary/aromatic N) is 1. The SMILES string of the molecule is C=CCSCCNc1ccncc1C(N)=O. The van der Waals surface area contributed by atoms with E-state index in [-0.39, 0.29) is 0 Å². The van der Waals surface area contributed by atoms with E-state index < -0.39 is 5.91 Å². The summed E-state index contributed by atoms with van der Waals surface area (Å²) >= 11 is 1.77. The van der Waals surface area contributed by atoms with Crippen LogP contribution in [-0.4, -0.2) is 28.9 Å². The fraction of sp³-hybridized carbons (Fsp3) is 0.273. The molecule has 0 bridgehead atoms. The molecular formula is C11H15N3OS. The molecule has 3 N–H and O–H groups in total. The smallest absolute Gasteiger partial charge is 0.252 e. The molecule has 16 heavy (non-hydrogen) atoms. The lowest BCUT2D eigenvalue weighted by Gasteiger charge is -2.08. The highest BCUT2D eigenvalue weighted by atomic mass is 32.2. The molecule has 1 aromatic rings. The highest BCUT2D eigenvalue weighted by Crippen LogP contribution is 2.12. The van der Waals surface area contributed by atoms with Gasteiger partial charge in [-0.25, -0.2) is 0 Å². The van der Waals surface area contributed by atoms with E-state index >= 15 is 0 Å². The number of thioether (sulfide) groups is 1. The number of anilines is 1. The zero-order chi connectivity index (χ0) is 11.8. The van der Waals surface area contributed by atoms with Gasteiger partial charge in [0, 0.05) is 30.4 Å². The number of rotatable bonds is 7. The minimum absolute atomic E-state index is 0.427. The zero-order valence-corrected chi connectivity index (χ0v) is 9.80. The van der Waals surface area contributed by atoms with Crippen molar-refractivity contribution in [2.45, 2.75) is 0 Å². The van der Waals surface area contributed by atoms with E-state index in [4.69, 9.17) is 5.73 Å². The highest BCUT2D eigenvalue weighted by molar-refractivity contribution is 7.99. The van der Waals surface area contributed by atoms with Crippen LogP contribution in [0.5, 0.6) is 0 Å². The molecule has 86 valence electrons. The van der Waals surface area contributed by atoms with Crippen LogP contribution in [0, 0.1) is 0 Å². The average Bonchev–Trinajstić information content (AvgIpc) is 2.29. The third kappa shape index (κ3) is 3.94. The lowest BCUT2D eigenvalue weighted by Crippen LogP contribution is -2.15. The molecule has 0 fully saturated rings. The fourth-order valence-electron chi connectivity index (χ4n) is 1.17. The number of nitrogens with two attached hydrogens (primary N) is 1. The Labute approximate surface area is 99.3 Å². The number of hydrogen-bond donors (Lipinski definition) is 2. The molecular weight excluding hydrogens is 222 g/mol. The molecule has 5 heteroatoms. The third-order valence-electron chi connectivity index (χ3n) is 1.88. The Kier molecular flexibility index (Phi) is 5.42. The van der Waals surface area contributed by atoms with E-state index in [1.54, 1.807) is 24.0 Å². The van der Waals surface area contributed by atoms with Crippen LogP contribution in [0.1, 0.15) is 10.4 Å². The summed E-state index contributed by atoms with van der Waals surface area (Å²) in [4.78, 5) is 14.9. The average molecular weight is 237 g/mol. The lowest BCUT2D eigenvalue weighted by molar-refractivity contribution is 0.100. The van der Waals surface area contributed by atoms with Crippen LogP contribution in [-0.2, 0) is 0 Å². The van der Waals surface area contributed by atoms with Gasteiger partial charge in [-0.1, -0.05) is 6.08 Å². The van der Waals surface area contributed by atoms with E-state index in [0.717, 1.165) is 23.7 Å². The third-order valence-corrected chi connectivity index (χ3v) is 2.85. The maximum absolute atomic E-state index is 11.1. The molecule has 1 aromatic heterocycles. The molecule has 1 amide bonds. The first-order chi connectivity index (χ1) is 7.75. The molecule has 0 aliphatic carbocycles. The first-order valence-corrected chi connectivity index (χ1v) is 6.07. The lowest BCUT2D eigenvalue weighted by atomic mass is 10.2. The molecule has 0 aromatic carbocycles. The molecule has 0 spiro atoms. The quantitative estimate of drug-likeness (QED) is 0.557. The summed E-state index contributed by atoms with van der Waals surface area (Å²) in [7, 11) is 0. The molecule has 0 unspecified atom stereocenters. The summed E-state index contributed by atoms with van der Waals surface area (Å²) in [6.45, 7) is 4.42. The number of primary amides is 1. The summed E-state index contributed by atoms with van der Waals surface area (Å²) < 4.78 is 0. The fourth-order valence-corrected chi connectivity index (χ4v) is 1.75. The summed E-state index contributed by atoms with van der Waals surface area (Å²) in [5.74, 6) is 1.42. The number of pyridine rings is 1. The number of carbonyl (C=O) groups is 1. The standard InChI is InChI=1S/C11H15N3OS/c1-2-6-16-7-5-14-10-3-4-13-8-9(10)11(12)15/h2-4,8H,1,5-7H2,(H2,12,15)(H,13,14). The molecule has 0 saturated heterocycles. The van der Waals surface area contributed by atoms with Crippen molar-refractivity contribution in [3.05, 3.63) is 36.7 Å². The summed E-state index contributed by atoms with van der Waals surface area (Å²) in [5, 5.41) is 3.16. The predicted octanol–water partition coefficient (Wildman–Crippen LogP) is 1.51. The maximum Gasteiger partial charge on any atom is 0.252 e. The number of hydrogen-bond acceptors (Lipinski definition) is 4. The van der Waals surface area contributed by atoms with Crippen LogP contribution in [0.3, 0.4) is 0 Å². The second-order valence-electron chi connectivity index (χ2n) is 3.08. The van der Waals surface area contributed by atoms with Gasteiger partial charge in [-0.05, 0) is 6.07 Å². The Balaban J connectivity index is 2.47. The van der Waals surface area contributed by atoms with Crippen molar-refractivity contribution >= 4 is 23.4 Å². The normalized spacial score (nSPS) is 9.75. The van der Waals surface area contributed by atoms with Crippen molar-refractivity contribution in [1.82, 2.24) is 4.98 Å². The summed E-state index contributed by atoms with van der Waals surface area (Å²) in [6, 6.07) is 1.75. The first-order valence-electron chi connectivity index (χ1n) is 4.92. The minimum atomic E-state index is -0.464. The Morgan fingerprint density at radius 3 is 3.19 bits per heavy atom. The van der Waals surface area contributed by atoms with Gasteiger partial charge in [0.1, 0.15) is 0 Å². The Morgan fingerprint density at radius 1 is 1.69 bits per heavy atom. The molecule has 0 atom stereocenters. The van der Waals surface area contributed by atoms with E-state index in [0.29, 0.717) is 5.56 Å². The van der Waals surface area contributed by atoms with Gasteiger partial charge in [0.25, 0.3) is 5.91 Å². The van der Waals surface area contributed by atoms with E-state index in [9.17, 15) is 4.79 Å². The number of aromatic nitrogens is 1.